The summed E-state index contributed by atoms with van der Waals surface area (Å²) in [7, 11) is 0. The molecule has 0 saturated heterocycles. The number of hydrogen-bond acceptors (Lipinski definition) is 2. The van der Waals surface area contributed by atoms with Gasteiger partial charge in [-0.25, -0.2) is 4.39 Å². The number of aliphatic hydroxyl groups excluding tert-OH is 1. The summed E-state index contributed by atoms with van der Waals surface area (Å²) in [6, 6.07) is 9.74. The molecule has 1 unspecified atom stereocenters. The molecule has 0 saturated carbocycles. The minimum atomic E-state index is -0.656. The molecular weight excluding hydrogens is 311 g/mol. The van der Waals surface area contributed by atoms with E-state index in [1.54, 1.807) is 25.1 Å². The van der Waals surface area contributed by atoms with E-state index in [1.165, 1.54) is 12.1 Å². The van der Waals surface area contributed by atoms with Crippen LogP contribution in [0, 0.1) is 12.7 Å². The fourth-order valence-electron chi connectivity index (χ4n) is 1.74. The van der Waals surface area contributed by atoms with Gasteiger partial charge in [-0.1, -0.05) is 28.1 Å². The zero-order valence-electron chi connectivity index (χ0n) is 10.7. The van der Waals surface area contributed by atoms with Gasteiger partial charge in [0.15, 0.2) is 0 Å². The number of hydrogen-bond donors (Lipinski definition) is 1. The Morgan fingerprint density at radius 1 is 1.16 bits per heavy atom. The first-order valence-corrected chi connectivity index (χ1v) is 6.68. The van der Waals surface area contributed by atoms with Gasteiger partial charge < -0.3 is 9.84 Å². The molecule has 2 rings (SSSR count). The summed E-state index contributed by atoms with van der Waals surface area (Å²) in [6.45, 7) is 3.50. The molecule has 0 amide bonds. The Morgan fingerprint density at radius 2 is 1.89 bits per heavy atom. The molecule has 1 atom stereocenters. The Bertz CT molecular complexity index is 597. The summed E-state index contributed by atoms with van der Waals surface area (Å²) in [5.41, 5.74) is 1.49. The van der Waals surface area contributed by atoms with E-state index in [4.69, 9.17) is 4.74 Å². The molecule has 0 bridgehead atoms. The van der Waals surface area contributed by atoms with Crippen LogP contribution >= 0.6 is 15.9 Å². The normalized spacial score (nSPS) is 12.3. The van der Waals surface area contributed by atoms with E-state index in [0.29, 0.717) is 17.1 Å². The van der Waals surface area contributed by atoms with Crippen molar-refractivity contribution in [1.29, 1.82) is 0 Å². The van der Waals surface area contributed by atoms with E-state index in [2.05, 4.69) is 15.9 Å². The summed E-state index contributed by atoms with van der Waals surface area (Å²) in [4.78, 5) is 0. The van der Waals surface area contributed by atoms with Crippen molar-refractivity contribution in [3.8, 4) is 11.5 Å². The lowest BCUT2D eigenvalue weighted by Crippen LogP contribution is -1.97. The van der Waals surface area contributed by atoms with Crippen molar-refractivity contribution in [1.82, 2.24) is 0 Å². The van der Waals surface area contributed by atoms with Crippen LogP contribution in [0.3, 0.4) is 0 Å². The van der Waals surface area contributed by atoms with Crippen molar-refractivity contribution < 1.29 is 14.2 Å². The van der Waals surface area contributed by atoms with Gasteiger partial charge in [-0.3, -0.25) is 0 Å². The molecule has 0 radical (unpaired) electrons. The average Bonchev–Trinajstić information content (AvgIpc) is 2.33. The summed E-state index contributed by atoms with van der Waals surface area (Å²) < 4.78 is 19.8. The Kier molecular flexibility index (Phi) is 4.22. The molecule has 2 nitrogen and oxygen atoms in total. The second-order valence-corrected chi connectivity index (χ2v) is 5.29. The molecule has 0 heterocycles. The fourth-order valence-corrected chi connectivity index (χ4v) is 2.08. The maximum atomic E-state index is 13.2. The fraction of sp³-hybridized carbons (Fsp3) is 0.200. The zero-order valence-corrected chi connectivity index (χ0v) is 12.2. The highest BCUT2D eigenvalue weighted by Crippen LogP contribution is 2.33. The lowest BCUT2D eigenvalue weighted by molar-refractivity contribution is 0.195. The first-order chi connectivity index (χ1) is 8.97. The van der Waals surface area contributed by atoms with Crippen molar-refractivity contribution in [3.05, 3.63) is 57.8 Å². The van der Waals surface area contributed by atoms with Gasteiger partial charge in [0.1, 0.15) is 17.3 Å². The number of aliphatic hydroxyl groups is 1. The third-order valence-electron chi connectivity index (χ3n) is 2.80. The summed E-state index contributed by atoms with van der Waals surface area (Å²) in [5.74, 6) is 0.604. The Labute approximate surface area is 120 Å². The van der Waals surface area contributed by atoms with E-state index < -0.39 is 6.10 Å². The summed E-state index contributed by atoms with van der Waals surface area (Å²) in [5, 5.41) is 9.73. The van der Waals surface area contributed by atoms with E-state index >= 15 is 0 Å². The largest absolute Gasteiger partial charge is 0.457 e. The zero-order chi connectivity index (χ0) is 14.0. The maximum absolute atomic E-state index is 13.2. The van der Waals surface area contributed by atoms with Crippen LogP contribution in [-0.2, 0) is 0 Å². The van der Waals surface area contributed by atoms with E-state index in [9.17, 15) is 9.50 Å². The molecule has 2 aromatic rings. The Balaban J connectivity index is 2.42. The third-order valence-corrected chi connectivity index (χ3v) is 3.29. The van der Waals surface area contributed by atoms with Crippen LogP contribution in [0.1, 0.15) is 24.2 Å². The maximum Gasteiger partial charge on any atom is 0.134 e. The van der Waals surface area contributed by atoms with Gasteiger partial charge in [0.2, 0.25) is 0 Å². The first-order valence-electron chi connectivity index (χ1n) is 5.89. The number of aryl methyl sites for hydroxylation is 1. The van der Waals surface area contributed by atoms with Crippen molar-refractivity contribution >= 4 is 15.9 Å². The highest BCUT2D eigenvalue weighted by atomic mass is 79.9. The quantitative estimate of drug-likeness (QED) is 0.883. The second kappa shape index (κ2) is 5.72. The molecule has 4 heteroatoms. The summed E-state index contributed by atoms with van der Waals surface area (Å²) in [6.07, 6.45) is -0.656. The lowest BCUT2D eigenvalue weighted by atomic mass is 10.1. The van der Waals surface area contributed by atoms with Crippen molar-refractivity contribution in [2.24, 2.45) is 0 Å². The van der Waals surface area contributed by atoms with Crippen LogP contribution in [0.4, 0.5) is 4.39 Å². The van der Waals surface area contributed by atoms with Crippen LogP contribution in [0.5, 0.6) is 11.5 Å². The molecule has 0 aliphatic heterocycles. The van der Waals surface area contributed by atoms with Crippen LogP contribution in [0.25, 0.3) is 0 Å². The standard InChI is InChI=1S/C15H14BrFO2/c1-9-3-5-12(17)8-14(9)19-15-7-11(16)4-6-13(15)10(2)18/h3-8,10,18H,1-2H3. The minimum Gasteiger partial charge on any atom is -0.457 e. The predicted octanol–water partition coefficient (Wildman–Crippen LogP) is 4.74. The molecule has 2 aromatic carbocycles. The Morgan fingerprint density at radius 3 is 2.58 bits per heavy atom. The number of ether oxygens (including phenoxy) is 1. The van der Waals surface area contributed by atoms with E-state index in [1.807, 2.05) is 13.0 Å². The van der Waals surface area contributed by atoms with Gasteiger partial charge in [0, 0.05) is 16.1 Å². The smallest absolute Gasteiger partial charge is 0.134 e. The van der Waals surface area contributed by atoms with Gasteiger partial charge in [-0.2, -0.15) is 0 Å². The van der Waals surface area contributed by atoms with Gasteiger partial charge in [-0.05, 0) is 37.6 Å². The molecule has 0 aliphatic carbocycles. The van der Waals surface area contributed by atoms with Crippen molar-refractivity contribution in [2.75, 3.05) is 0 Å². The third kappa shape index (κ3) is 3.33. The van der Waals surface area contributed by atoms with Crippen molar-refractivity contribution in [3.63, 3.8) is 0 Å². The summed E-state index contributed by atoms with van der Waals surface area (Å²) >= 11 is 3.36. The van der Waals surface area contributed by atoms with Crippen LogP contribution < -0.4 is 4.74 Å². The number of halogens is 2. The molecule has 1 N–H and O–H groups in total. The minimum absolute atomic E-state index is 0.353. The number of benzene rings is 2. The molecule has 0 aliphatic rings. The van der Waals surface area contributed by atoms with Crippen LogP contribution in [0.2, 0.25) is 0 Å². The monoisotopic (exact) mass is 324 g/mol. The van der Waals surface area contributed by atoms with Crippen LogP contribution in [-0.4, -0.2) is 5.11 Å². The van der Waals surface area contributed by atoms with Crippen LogP contribution in [0.15, 0.2) is 40.9 Å². The molecule has 19 heavy (non-hydrogen) atoms. The highest BCUT2D eigenvalue weighted by molar-refractivity contribution is 9.10. The predicted molar refractivity (Wildman–Crippen MR) is 76.0 cm³/mol. The lowest BCUT2D eigenvalue weighted by Gasteiger charge is -2.15. The van der Waals surface area contributed by atoms with E-state index in [0.717, 1.165) is 10.0 Å². The first kappa shape index (κ1) is 14.0. The topological polar surface area (TPSA) is 29.5 Å². The van der Waals surface area contributed by atoms with Gasteiger partial charge >= 0.3 is 0 Å². The number of rotatable bonds is 3. The van der Waals surface area contributed by atoms with E-state index in [-0.39, 0.29) is 5.82 Å². The van der Waals surface area contributed by atoms with Gasteiger partial charge in [0.25, 0.3) is 0 Å². The van der Waals surface area contributed by atoms with Crippen molar-refractivity contribution in [2.45, 2.75) is 20.0 Å². The molecule has 0 fully saturated rings. The molecule has 0 aromatic heterocycles. The molecular formula is C15H14BrFO2. The Hall–Kier alpha value is -1.39. The van der Waals surface area contributed by atoms with Gasteiger partial charge in [0.05, 0.1) is 6.10 Å². The molecule has 100 valence electrons. The SMILES string of the molecule is Cc1ccc(F)cc1Oc1cc(Br)ccc1C(C)O. The highest BCUT2D eigenvalue weighted by Gasteiger charge is 2.12. The average molecular weight is 325 g/mol. The van der Waals surface area contributed by atoms with Gasteiger partial charge in [-0.15, -0.1) is 0 Å². The second-order valence-electron chi connectivity index (χ2n) is 4.37. The molecule has 0 spiro atoms.